The highest BCUT2D eigenvalue weighted by molar-refractivity contribution is 5.74. The monoisotopic (exact) mass is 249 g/mol. The number of rotatable bonds is 6. The molecule has 5 heteroatoms. The van der Waals surface area contributed by atoms with Crippen molar-refractivity contribution in [3.05, 3.63) is 30.6 Å². The molecule has 0 saturated heterocycles. The maximum absolute atomic E-state index is 5.81. The van der Waals surface area contributed by atoms with Crippen LogP contribution in [0.15, 0.2) is 30.6 Å². The van der Waals surface area contributed by atoms with E-state index in [1.54, 1.807) is 11.1 Å². The number of hydrogen-bond acceptors (Lipinski definition) is 4. The fourth-order valence-electron chi connectivity index (χ4n) is 1.75. The van der Waals surface area contributed by atoms with E-state index in [1.165, 1.54) is 0 Å². The first-order chi connectivity index (χ1) is 8.70. The molecule has 1 aromatic carbocycles. The molecule has 1 unspecified atom stereocenters. The van der Waals surface area contributed by atoms with Gasteiger partial charge in [0.1, 0.15) is 11.8 Å². The van der Waals surface area contributed by atoms with Crippen LogP contribution in [-0.2, 0) is 4.74 Å². The summed E-state index contributed by atoms with van der Waals surface area (Å²) in [6, 6.07) is 7.85. The largest absolute Gasteiger partial charge is 0.379 e. The zero-order valence-electron chi connectivity index (χ0n) is 11.0. The van der Waals surface area contributed by atoms with Crippen molar-refractivity contribution in [1.82, 2.24) is 14.6 Å². The molecule has 5 nitrogen and oxygen atoms in total. The molecule has 98 valence electrons. The zero-order chi connectivity index (χ0) is 13.0. The minimum absolute atomic E-state index is 0.303. The summed E-state index contributed by atoms with van der Waals surface area (Å²) in [5.74, 6) is 0. The summed E-state index contributed by atoms with van der Waals surface area (Å²) < 4.78 is 7.23. The highest BCUT2D eigenvalue weighted by Crippen LogP contribution is 2.11. The predicted molar refractivity (Wildman–Crippen MR) is 70.3 cm³/mol. The second kappa shape index (κ2) is 5.84. The van der Waals surface area contributed by atoms with Crippen molar-refractivity contribution in [3.8, 4) is 0 Å². The van der Waals surface area contributed by atoms with Crippen molar-refractivity contribution in [2.24, 2.45) is 0 Å². The van der Waals surface area contributed by atoms with Gasteiger partial charge in [-0.1, -0.05) is 12.1 Å². The van der Waals surface area contributed by atoms with Gasteiger partial charge in [0.2, 0.25) is 6.29 Å². The Labute approximate surface area is 107 Å². The van der Waals surface area contributed by atoms with Gasteiger partial charge < -0.3 is 14.5 Å². The molecule has 1 atom stereocenters. The van der Waals surface area contributed by atoms with Crippen LogP contribution >= 0.6 is 0 Å². The van der Waals surface area contributed by atoms with Gasteiger partial charge in [0.05, 0.1) is 12.1 Å². The molecule has 0 aliphatic rings. The molecule has 0 N–H and O–H groups in total. The summed E-state index contributed by atoms with van der Waals surface area (Å²) >= 11 is 0. The van der Waals surface area contributed by atoms with Crippen LogP contribution in [0.1, 0.15) is 6.92 Å². The van der Waals surface area contributed by atoms with E-state index < -0.39 is 0 Å². The first-order valence-corrected chi connectivity index (χ1v) is 6.06. The van der Waals surface area contributed by atoms with E-state index in [0.29, 0.717) is 13.2 Å². The molecule has 2 aromatic rings. The van der Waals surface area contributed by atoms with Crippen molar-refractivity contribution in [1.29, 1.82) is 0 Å². The van der Waals surface area contributed by atoms with E-state index in [2.05, 4.69) is 4.98 Å². The van der Waals surface area contributed by atoms with Gasteiger partial charge in [0.25, 0.3) is 0 Å². The molecule has 0 bridgehead atoms. The second-order valence-corrected chi connectivity index (χ2v) is 4.31. The lowest BCUT2D eigenvalue weighted by Crippen LogP contribution is -2.37. The number of hydrogen-bond donors (Lipinski definition) is 0. The Bertz CT molecular complexity index is 496. The molecule has 1 heterocycles. The van der Waals surface area contributed by atoms with Crippen LogP contribution in [0, 0.1) is 0 Å². The molecule has 0 radical (unpaired) electrons. The van der Waals surface area contributed by atoms with E-state index in [-0.39, 0.29) is 6.29 Å². The number of nitrogens with zero attached hydrogens (tertiary/aromatic N) is 3. The van der Waals surface area contributed by atoms with Crippen LogP contribution in [0.2, 0.25) is 0 Å². The first kappa shape index (κ1) is 12.9. The number of likely N-dealkylation sites (N-methyl/N-ethyl adjacent to an activating group) is 1. The molecule has 0 spiro atoms. The zero-order valence-corrected chi connectivity index (χ0v) is 11.0. The summed E-state index contributed by atoms with van der Waals surface area (Å²) in [5, 5.41) is 0. The number of para-hydroxylation sites is 2. The molecular formula is C13H19N3O2. The summed E-state index contributed by atoms with van der Waals surface area (Å²) in [7, 11) is 3.97. The number of ether oxygens (including phenoxy) is 1. The maximum atomic E-state index is 5.81. The Morgan fingerprint density at radius 1 is 1.33 bits per heavy atom. The minimum atomic E-state index is -0.303. The Kier molecular flexibility index (Phi) is 4.17. The van der Waals surface area contributed by atoms with Crippen LogP contribution in [0.5, 0.6) is 0 Å². The third-order valence-corrected chi connectivity index (χ3v) is 2.52. The van der Waals surface area contributed by atoms with Gasteiger partial charge in [-0.25, -0.2) is 4.98 Å². The molecule has 0 fully saturated rings. The Hall–Kier alpha value is -1.59. The Balaban J connectivity index is 2.15. The maximum Gasteiger partial charge on any atom is 0.237 e. The molecular weight excluding hydrogens is 230 g/mol. The quantitative estimate of drug-likeness (QED) is 0.725. The van der Waals surface area contributed by atoms with Gasteiger partial charge in [-0.2, -0.15) is 4.73 Å². The van der Waals surface area contributed by atoms with Gasteiger partial charge in [-0.15, -0.1) is 0 Å². The van der Waals surface area contributed by atoms with Crippen LogP contribution in [0.3, 0.4) is 0 Å². The van der Waals surface area contributed by atoms with Gasteiger partial charge in [-0.3, -0.25) is 0 Å². The smallest absolute Gasteiger partial charge is 0.237 e. The van der Waals surface area contributed by atoms with E-state index in [0.717, 1.165) is 11.0 Å². The van der Waals surface area contributed by atoms with Gasteiger partial charge in [0, 0.05) is 6.61 Å². The molecule has 0 amide bonds. The molecule has 0 saturated carbocycles. The molecule has 0 aliphatic carbocycles. The SMILES string of the molecule is CCOC(CN(C)C)On1cnc2ccccc21. The normalized spacial score (nSPS) is 13.1. The summed E-state index contributed by atoms with van der Waals surface area (Å²) in [6.07, 6.45) is 1.37. The first-order valence-electron chi connectivity index (χ1n) is 6.06. The Morgan fingerprint density at radius 2 is 2.11 bits per heavy atom. The standard InChI is InChI=1S/C13H19N3O2/c1-4-17-13(9-15(2)3)18-16-10-14-11-7-5-6-8-12(11)16/h5-8,10,13H,4,9H2,1-3H3. The predicted octanol–water partition coefficient (Wildman–Crippen LogP) is 1.39. The molecule has 18 heavy (non-hydrogen) atoms. The van der Waals surface area contributed by atoms with Crippen molar-refractivity contribution >= 4 is 11.0 Å². The third kappa shape index (κ3) is 3.00. The fraction of sp³-hybridized carbons (Fsp3) is 0.462. The number of benzene rings is 1. The van der Waals surface area contributed by atoms with Gasteiger partial charge in [-0.05, 0) is 33.2 Å². The number of aromatic nitrogens is 2. The van der Waals surface area contributed by atoms with Crippen molar-refractivity contribution in [3.63, 3.8) is 0 Å². The van der Waals surface area contributed by atoms with E-state index in [9.17, 15) is 0 Å². The summed E-state index contributed by atoms with van der Waals surface area (Å²) in [4.78, 5) is 12.1. The third-order valence-electron chi connectivity index (χ3n) is 2.52. The van der Waals surface area contributed by atoms with Crippen molar-refractivity contribution in [2.45, 2.75) is 13.2 Å². The summed E-state index contributed by atoms with van der Waals surface area (Å²) in [6.45, 7) is 3.27. The molecule has 1 aromatic heterocycles. The number of imidazole rings is 1. The lowest BCUT2D eigenvalue weighted by molar-refractivity contribution is -0.146. The lowest BCUT2D eigenvalue weighted by atomic mass is 10.3. The Morgan fingerprint density at radius 3 is 2.83 bits per heavy atom. The van der Waals surface area contributed by atoms with E-state index in [4.69, 9.17) is 9.57 Å². The van der Waals surface area contributed by atoms with Crippen LogP contribution < -0.4 is 4.84 Å². The van der Waals surface area contributed by atoms with Crippen molar-refractivity contribution in [2.75, 3.05) is 27.2 Å². The van der Waals surface area contributed by atoms with Crippen LogP contribution in [-0.4, -0.2) is 48.2 Å². The second-order valence-electron chi connectivity index (χ2n) is 4.31. The average molecular weight is 249 g/mol. The fourth-order valence-corrected chi connectivity index (χ4v) is 1.75. The summed E-state index contributed by atoms with van der Waals surface area (Å²) in [5.41, 5.74) is 1.86. The highest BCUT2D eigenvalue weighted by Gasteiger charge is 2.13. The lowest BCUT2D eigenvalue weighted by Gasteiger charge is -2.21. The van der Waals surface area contributed by atoms with E-state index >= 15 is 0 Å². The average Bonchev–Trinajstić information content (AvgIpc) is 2.72. The molecule has 0 aliphatic heterocycles. The number of fused-ring (bicyclic) bond motifs is 1. The highest BCUT2D eigenvalue weighted by atomic mass is 16.8. The van der Waals surface area contributed by atoms with E-state index in [1.807, 2.05) is 50.2 Å². The van der Waals surface area contributed by atoms with Crippen LogP contribution in [0.25, 0.3) is 11.0 Å². The topological polar surface area (TPSA) is 39.5 Å². The molecule has 2 rings (SSSR count). The van der Waals surface area contributed by atoms with Gasteiger partial charge >= 0.3 is 0 Å². The minimum Gasteiger partial charge on any atom is -0.379 e. The van der Waals surface area contributed by atoms with Crippen LogP contribution in [0.4, 0.5) is 0 Å². The van der Waals surface area contributed by atoms with Crippen molar-refractivity contribution < 1.29 is 9.57 Å². The van der Waals surface area contributed by atoms with Gasteiger partial charge in [0.15, 0.2) is 0 Å².